The molecule has 1 saturated heterocycles. The molecule has 1 aliphatic rings. The van der Waals surface area contributed by atoms with Gasteiger partial charge in [-0.1, -0.05) is 18.5 Å². The molecule has 2 rings (SSSR count). The highest BCUT2D eigenvalue weighted by Gasteiger charge is 2.26. The lowest BCUT2D eigenvalue weighted by atomic mass is 10.1. The van der Waals surface area contributed by atoms with E-state index < -0.39 is 0 Å². The minimum Gasteiger partial charge on any atom is -0.381 e. The SMILES string of the molecule is CCC(N)C(OC1CCOCC1)c1ccc(Cl)s1. The predicted octanol–water partition coefficient (Wildman–Crippen LogP) is 3.38. The molecular weight excluding hydrogens is 270 g/mol. The van der Waals surface area contributed by atoms with Crippen molar-refractivity contribution < 1.29 is 9.47 Å². The maximum atomic E-state index is 6.19. The van der Waals surface area contributed by atoms with Gasteiger partial charge in [-0.2, -0.15) is 0 Å². The Bertz CT molecular complexity index is 366. The second-order valence-corrected chi connectivity index (χ2v) is 6.33. The van der Waals surface area contributed by atoms with Gasteiger partial charge in [0.05, 0.1) is 10.4 Å². The van der Waals surface area contributed by atoms with E-state index >= 15 is 0 Å². The summed E-state index contributed by atoms with van der Waals surface area (Å²) in [6.07, 6.45) is 3.00. The molecule has 1 aliphatic heterocycles. The zero-order valence-corrected chi connectivity index (χ0v) is 12.2. The van der Waals surface area contributed by atoms with Crippen molar-refractivity contribution >= 4 is 22.9 Å². The lowest BCUT2D eigenvalue weighted by molar-refractivity contribution is -0.0766. The van der Waals surface area contributed by atoms with E-state index in [1.807, 2.05) is 12.1 Å². The van der Waals surface area contributed by atoms with Crippen LogP contribution in [0.2, 0.25) is 4.34 Å². The van der Waals surface area contributed by atoms with Gasteiger partial charge in [-0.15, -0.1) is 11.3 Å². The van der Waals surface area contributed by atoms with Crippen LogP contribution in [0.15, 0.2) is 12.1 Å². The third-order valence-corrected chi connectivity index (χ3v) is 4.53. The van der Waals surface area contributed by atoms with Gasteiger partial charge in [0, 0.05) is 24.1 Å². The lowest BCUT2D eigenvalue weighted by Gasteiger charge is -2.30. The molecule has 5 heteroatoms. The van der Waals surface area contributed by atoms with Gasteiger partial charge < -0.3 is 15.2 Å². The Kier molecular flexibility index (Phi) is 5.45. The first-order valence-electron chi connectivity index (χ1n) is 6.44. The Morgan fingerprint density at radius 2 is 2.22 bits per heavy atom. The van der Waals surface area contributed by atoms with Crippen molar-refractivity contribution in [1.29, 1.82) is 0 Å². The van der Waals surface area contributed by atoms with Crippen LogP contribution in [0.4, 0.5) is 0 Å². The largest absolute Gasteiger partial charge is 0.381 e. The molecule has 1 fully saturated rings. The Labute approximate surface area is 117 Å². The van der Waals surface area contributed by atoms with Crippen molar-refractivity contribution in [2.24, 2.45) is 5.73 Å². The van der Waals surface area contributed by atoms with Gasteiger partial charge in [-0.25, -0.2) is 0 Å². The molecule has 2 unspecified atom stereocenters. The predicted molar refractivity (Wildman–Crippen MR) is 75.3 cm³/mol. The van der Waals surface area contributed by atoms with Crippen molar-refractivity contribution in [2.75, 3.05) is 13.2 Å². The van der Waals surface area contributed by atoms with Gasteiger partial charge in [0.15, 0.2) is 0 Å². The summed E-state index contributed by atoms with van der Waals surface area (Å²) < 4.78 is 12.3. The molecule has 2 heterocycles. The Hall–Kier alpha value is -0.130. The maximum Gasteiger partial charge on any atom is 0.107 e. The van der Waals surface area contributed by atoms with Crippen molar-refractivity contribution in [1.82, 2.24) is 0 Å². The van der Waals surface area contributed by atoms with Crippen molar-refractivity contribution in [3.8, 4) is 0 Å². The number of thiophene rings is 1. The van der Waals surface area contributed by atoms with E-state index in [-0.39, 0.29) is 18.2 Å². The van der Waals surface area contributed by atoms with E-state index in [1.165, 1.54) is 0 Å². The first kappa shape index (κ1) is 14.3. The number of halogens is 1. The molecule has 2 atom stereocenters. The van der Waals surface area contributed by atoms with Gasteiger partial charge in [0.25, 0.3) is 0 Å². The number of hydrogen-bond donors (Lipinski definition) is 1. The monoisotopic (exact) mass is 289 g/mol. The summed E-state index contributed by atoms with van der Waals surface area (Å²) in [4.78, 5) is 1.13. The highest BCUT2D eigenvalue weighted by Crippen LogP contribution is 2.33. The summed E-state index contributed by atoms with van der Waals surface area (Å²) in [6.45, 7) is 3.65. The minimum atomic E-state index is -0.0457. The third kappa shape index (κ3) is 3.68. The first-order valence-corrected chi connectivity index (χ1v) is 7.64. The van der Waals surface area contributed by atoms with E-state index in [2.05, 4.69) is 6.92 Å². The Balaban J connectivity index is 2.04. The number of nitrogens with two attached hydrogens (primary N) is 1. The fraction of sp³-hybridized carbons (Fsp3) is 0.692. The Morgan fingerprint density at radius 3 is 2.78 bits per heavy atom. The molecule has 1 aromatic heterocycles. The van der Waals surface area contributed by atoms with Crippen LogP contribution in [0, 0.1) is 0 Å². The van der Waals surface area contributed by atoms with Gasteiger partial charge in [-0.05, 0) is 31.4 Å². The second kappa shape index (κ2) is 6.87. The van der Waals surface area contributed by atoms with Gasteiger partial charge in [0.1, 0.15) is 6.10 Å². The molecule has 0 aromatic carbocycles. The van der Waals surface area contributed by atoms with Crippen molar-refractivity contribution in [2.45, 2.75) is 44.4 Å². The van der Waals surface area contributed by atoms with Crippen LogP contribution in [0.25, 0.3) is 0 Å². The van der Waals surface area contributed by atoms with Crippen molar-refractivity contribution in [3.63, 3.8) is 0 Å². The van der Waals surface area contributed by atoms with Gasteiger partial charge >= 0.3 is 0 Å². The van der Waals surface area contributed by atoms with Crippen LogP contribution in [0.5, 0.6) is 0 Å². The summed E-state index contributed by atoms with van der Waals surface area (Å²) in [6, 6.07) is 3.94. The van der Waals surface area contributed by atoms with E-state index in [0.717, 1.165) is 41.7 Å². The normalized spacial score (nSPS) is 20.8. The zero-order valence-electron chi connectivity index (χ0n) is 10.6. The van der Waals surface area contributed by atoms with Crippen LogP contribution in [0.3, 0.4) is 0 Å². The average Bonchev–Trinajstić information content (AvgIpc) is 2.83. The molecule has 0 saturated carbocycles. The van der Waals surface area contributed by atoms with Crippen molar-refractivity contribution in [3.05, 3.63) is 21.3 Å². The standard InChI is InChI=1S/C13H20ClNO2S/c1-2-10(15)13(11-3-4-12(14)18-11)17-9-5-7-16-8-6-9/h3-4,9-10,13H,2,5-8,15H2,1H3. The summed E-state index contributed by atoms with van der Waals surface area (Å²) in [5.74, 6) is 0. The molecule has 0 amide bonds. The smallest absolute Gasteiger partial charge is 0.107 e. The van der Waals surface area contributed by atoms with E-state index in [4.69, 9.17) is 26.8 Å². The molecule has 102 valence electrons. The van der Waals surface area contributed by atoms with Crippen LogP contribution in [-0.2, 0) is 9.47 Å². The van der Waals surface area contributed by atoms with E-state index in [9.17, 15) is 0 Å². The second-order valence-electron chi connectivity index (χ2n) is 4.58. The third-order valence-electron chi connectivity index (χ3n) is 3.24. The molecule has 0 radical (unpaired) electrons. The minimum absolute atomic E-state index is 0.0163. The summed E-state index contributed by atoms with van der Waals surface area (Å²) in [7, 11) is 0. The maximum absolute atomic E-state index is 6.19. The molecule has 0 spiro atoms. The fourth-order valence-corrected chi connectivity index (χ4v) is 3.27. The molecule has 1 aromatic rings. The molecule has 0 aliphatic carbocycles. The van der Waals surface area contributed by atoms with E-state index in [1.54, 1.807) is 11.3 Å². The topological polar surface area (TPSA) is 44.5 Å². The van der Waals surface area contributed by atoms with Gasteiger partial charge in [0.2, 0.25) is 0 Å². The summed E-state index contributed by atoms with van der Waals surface area (Å²) in [5.41, 5.74) is 6.18. The van der Waals surface area contributed by atoms with Crippen LogP contribution in [-0.4, -0.2) is 25.4 Å². The quantitative estimate of drug-likeness (QED) is 0.904. The molecule has 0 bridgehead atoms. The average molecular weight is 290 g/mol. The molecule has 2 N–H and O–H groups in total. The van der Waals surface area contributed by atoms with Crippen LogP contribution >= 0.6 is 22.9 Å². The highest BCUT2D eigenvalue weighted by atomic mass is 35.5. The number of ether oxygens (including phenoxy) is 2. The summed E-state index contributed by atoms with van der Waals surface area (Å²) >= 11 is 7.55. The lowest BCUT2D eigenvalue weighted by Crippen LogP contribution is -2.34. The molecule has 3 nitrogen and oxygen atoms in total. The molecule has 18 heavy (non-hydrogen) atoms. The number of hydrogen-bond acceptors (Lipinski definition) is 4. The first-order chi connectivity index (χ1) is 8.70. The molecular formula is C13H20ClNO2S. The van der Waals surface area contributed by atoms with Crippen LogP contribution in [0.1, 0.15) is 37.2 Å². The van der Waals surface area contributed by atoms with Gasteiger partial charge in [-0.3, -0.25) is 0 Å². The van der Waals surface area contributed by atoms with E-state index in [0.29, 0.717) is 0 Å². The fourth-order valence-electron chi connectivity index (χ4n) is 2.09. The highest BCUT2D eigenvalue weighted by molar-refractivity contribution is 7.16. The van der Waals surface area contributed by atoms with Crippen LogP contribution < -0.4 is 5.73 Å². The zero-order chi connectivity index (χ0) is 13.0. The summed E-state index contributed by atoms with van der Waals surface area (Å²) in [5, 5.41) is 0. The number of rotatable bonds is 5. The Morgan fingerprint density at radius 1 is 1.50 bits per heavy atom.